The van der Waals surface area contributed by atoms with E-state index in [0.29, 0.717) is 16.3 Å². The van der Waals surface area contributed by atoms with Crippen molar-refractivity contribution in [1.82, 2.24) is 0 Å². The number of sulfonamides is 1. The number of aliphatic hydroxyl groups excluding tert-OH is 1. The van der Waals surface area contributed by atoms with Gasteiger partial charge in [0.05, 0.1) is 28.8 Å². The number of ether oxygens (including phenoxy) is 1. The van der Waals surface area contributed by atoms with Gasteiger partial charge in [-0.15, -0.1) is 11.3 Å². The summed E-state index contributed by atoms with van der Waals surface area (Å²) in [6.07, 6.45) is 0. The first-order valence-electron chi connectivity index (χ1n) is 5.51. The van der Waals surface area contributed by atoms with Crippen molar-refractivity contribution in [1.29, 1.82) is 0 Å². The van der Waals surface area contributed by atoms with Gasteiger partial charge in [0.15, 0.2) is 0 Å². The van der Waals surface area contributed by atoms with Crippen molar-refractivity contribution < 1.29 is 18.3 Å². The van der Waals surface area contributed by atoms with E-state index in [4.69, 9.17) is 9.84 Å². The Morgan fingerprint density at radius 2 is 2.15 bits per heavy atom. The molecule has 0 aliphatic heterocycles. The van der Waals surface area contributed by atoms with E-state index in [1.165, 1.54) is 29.9 Å². The molecule has 0 bridgehead atoms. The summed E-state index contributed by atoms with van der Waals surface area (Å²) < 4.78 is 32.7. The normalized spacial score (nSPS) is 11.3. The van der Waals surface area contributed by atoms with Gasteiger partial charge in [0.1, 0.15) is 5.75 Å². The van der Waals surface area contributed by atoms with E-state index in [2.05, 4.69) is 20.7 Å². The van der Waals surface area contributed by atoms with Crippen LogP contribution >= 0.6 is 27.3 Å². The molecule has 1 heterocycles. The van der Waals surface area contributed by atoms with Gasteiger partial charge in [0, 0.05) is 16.3 Å². The molecule has 5 nitrogen and oxygen atoms in total. The number of thiophene rings is 1. The molecule has 2 rings (SSSR count). The molecule has 0 saturated carbocycles. The Hall–Kier alpha value is -1.09. The van der Waals surface area contributed by atoms with Gasteiger partial charge in [0.25, 0.3) is 10.0 Å². The van der Waals surface area contributed by atoms with Crippen LogP contribution in [0.2, 0.25) is 0 Å². The fourth-order valence-corrected chi connectivity index (χ4v) is 4.11. The molecule has 2 aromatic rings. The summed E-state index contributed by atoms with van der Waals surface area (Å²) in [6.45, 7) is -0.174. The summed E-state index contributed by atoms with van der Waals surface area (Å²) in [5.74, 6) is 0.534. The highest BCUT2D eigenvalue weighted by Crippen LogP contribution is 2.29. The molecule has 0 aliphatic carbocycles. The number of anilines is 1. The molecular weight excluding hydrogens is 366 g/mol. The maximum absolute atomic E-state index is 12.2. The summed E-state index contributed by atoms with van der Waals surface area (Å²) in [4.78, 5) is 0.729. The quantitative estimate of drug-likeness (QED) is 0.839. The molecule has 0 spiro atoms. The Bertz CT molecular complexity index is 712. The van der Waals surface area contributed by atoms with Crippen LogP contribution in [0.3, 0.4) is 0 Å². The minimum atomic E-state index is -3.66. The molecular formula is C12H12BrNO4S2. The van der Waals surface area contributed by atoms with Crippen LogP contribution in [0.1, 0.15) is 4.88 Å². The number of hydrogen-bond donors (Lipinski definition) is 2. The highest BCUT2D eigenvalue weighted by atomic mass is 79.9. The van der Waals surface area contributed by atoms with Gasteiger partial charge >= 0.3 is 0 Å². The van der Waals surface area contributed by atoms with Crippen molar-refractivity contribution in [3.8, 4) is 5.75 Å². The molecule has 1 aromatic carbocycles. The zero-order valence-corrected chi connectivity index (χ0v) is 13.7. The lowest BCUT2D eigenvalue weighted by Gasteiger charge is -2.09. The van der Waals surface area contributed by atoms with E-state index in [9.17, 15) is 8.42 Å². The summed E-state index contributed by atoms with van der Waals surface area (Å²) in [5, 5.41) is 10.5. The molecule has 0 saturated heterocycles. The Kier molecular flexibility index (Phi) is 4.69. The van der Waals surface area contributed by atoms with Crippen LogP contribution in [-0.4, -0.2) is 20.6 Å². The maximum atomic E-state index is 12.2. The minimum absolute atomic E-state index is 0.133. The SMILES string of the molecule is COc1cc(NS(=O)(=O)c2csc(CO)c2)ccc1Br. The Morgan fingerprint density at radius 3 is 2.75 bits per heavy atom. The molecule has 0 unspecified atom stereocenters. The Balaban J connectivity index is 2.28. The number of rotatable bonds is 5. The number of nitrogens with one attached hydrogen (secondary N) is 1. The van der Waals surface area contributed by atoms with Crippen molar-refractivity contribution >= 4 is 43.0 Å². The first kappa shape index (κ1) is 15.3. The molecule has 0 atom stereocenters. The van der Waals surface area contributed by atoms with Gasteiger partial charge in [0.2, 0.25) is 0 Å². The van der Waals surface area contributed by atoms with Crippen molar-refractivity contribution in [2.75, 3.05) is 11.8 Å². The van der Waals surface area contributed by atoms with Crippen molar-refractivity contribution in [2.24, 2.45) is 0 Å². The Morgan fingerprint density at radius 1 is 1.40 bits per heavy atom. The molecule has 2 N–H and O–H groups in total. The lowest BCUT2D eigenvalue weighted by molar-refractivity contribution is 0.285. The lowest BCUT2D eigenvalue weighted by Crippen LogP contribution is -2.12. The van der Waals surface area contributed by atoms with Crippen LogP contribution in [0.25, 0.3) is 0 Å². The van der Waals surface area contributed by atoms with E-state index in [-0.39, 0.29) is 11.5 Å². The van der Waals surface area contributed by atoms with Crippen LogP contribution in [0.4, 0.5) is 5.69 Å². The summed E-state index contributed by atoms with van der Waals surface area (Å²) in [7, 11) is -2.16. The predicted molar refractivity (Wildman–Crippen MR) is 81.7 cm³/mol. The van der Waals surface area contributed by atoms with Crippen molar-refractivity contribution in [2.45, 2.75) is 11.5 Å². The smallest absolute Gasteiger partial charge is 0.262 e. The maximum Gasteiger partial charge on any atom is 0.262 e. The van der Waals surface area contributed by atoms with Crippen LogP contribution in [-0.2, 0) is 16.6 Å². The average Bonchev–Trinajstić information content (AvgIpc) is 2.90. The largest absolute Gasteiger partial charge is 0.495 e. The van der Waals surface area contributed by atoms with Gasteiger partial charge in [-0.2, -0.15) is 0 Å². The van der Waals surface area contributed by atoms with Gasteiger partial charge < -0.3 is 9.84 Å². The lowest BCUT2D eigenvalue weighted by atomic mass is 10.3. The number of hydrogen-bond acceptors (Lipinski definition) is 5. The van der Waals surface area contributed by atoms with Gasteiger partial charge in [-0.3, -0.25) is 4.72 Å². The standard InChI is InChI=1S/C12H12BrNO4S2/c1-18-12-4-8(2-3-11(12)13)14-20(16,17)10-5-9(6-15)19-7-10/h2-5,7,14-15H,6H2,1H3. The molecule has 8 heteroatoms. The highest BCUT2D eigenvalue weighted by Gasteiger charge is 2.17. The van der Waals surface area contributed by atoms with E-state index in [1.807, 2.05) is 0 Å². The zero-order chi connectivity index (χ0) is 14.8. The fourth-order valence-electron chi connectivity index (χ4n) is 1.52. The van der Waals surface area contributed by atoms with Gasteiger partial charge in [-0.1, -0.05) is 0 Å². The second-order valence-corrected chi connectivity index (χ2v) is 7.39. The molecule has 0 amide bonds. The van der Waals surface area contributed by atoms with Crippen LogP contribution in [0.15, 0.2) is 39.0 Å². The average molecular weight is 378 g/mol. The third-order valence-corrected chi connectivity index (χ3v) is 5.59. The predicted octanol–water partition coefficient (Wildman–Crippen LogP) is 2.81. The molecule has 1 aromatic heterocycles. The summed E-state index contributed by atoms with van der Waals surface area (Å²) in [5.41, 5.74) is 0.404. The topological polar surface area (TPSA) is 75.6 Å². The second kappa shape index (κ2) is 6.13. The van der Waals surface area contributed by atoms with Crippen LogP contribution in [0.5, 0.6) is 5.75 Å². The monoisotopic (exact) mass is 377 g/mol. The fraction of sp³-hybridized carbons (Fsp3) is 0.167. The number of methoxy groups -OCH3 is 1. The third kappa shape index (κ3) is 3.32. The Labute approximate surface area is 129 Å². The first-order valence-corrected chi connectivity index (χ1v) is 8.66. The summed E-state index contributed by atoms with van der Waals surface area (Å²) >= 11 is 4.50. The van der Waals surface area contributed by atoms with E-state index in [0.717, 1.165) is 4.47 Å². The molecule has 0 fully saturated rings. The molecule has 108 valence electrons. The number of benzene rings is 1. The minimum Gasteiger partial charge on any atom is -0.495 e. The van der Waals surface area contributed by atoms with E-state index >= 15 is 0 Å². The third-order valence-electron chi connectivity index (χ3n) is 2.50. The highest BCUT2D eigenvalue weighted by molar-refractivity contribution is 9.10. The van der Waals surface area contributed by atoms with Crippen molar-refractivity contribution in [3.05, 3.63) is 39.0 Å². The van der Waals surface area contributed by atoms with Crippen LogP contribution in [0, 0.1) is 0 Å². The van der Waals surface area contributed by atoms with Gasteiger partial charge in [-0.05, 0) is 34.1 Å². The van der Waals surface area contributed by atoms with Crippen molar-refractivity contribution in [3.63, 3.8) is 0 Å². The number of aliphatic hydroxyl groups is 1. The zero-order valence-electron chi connectivity index (χ0n) is 10.5. The number of halogens is 1. The second-order valence-electron chi connectivity index (χ2n) is 3.86. The van der Waals surface area contributed by atoms with Crippen LogP contribution < -0.4 is 9.46 Å². The molecule has 0 radical (unpaired) electrons. The van der Waals surface area contributed by atoms with E-state index < -0.39 is 10.0 Å². The summed E-state index contributed by atoms with van der Waals surface area (Å²) in [6, 6.07) is 6.36. The first-order chi connectivity index (χ1) is 9.46. The van der Waals surface area contributed by atoms with E-state index in [1.54, 1.807) is 18.2 Å². The van der Waals surface area contributed by atoms with Gasteiger partial charge in [-0.25, -0.2) is 8.42 Å². The molecule has 0 aliphatic rings. The molecule has 20 heavy (non-hydrogen) atoms.